The number of para-hydroxylation sites is 1. The monoisotopic (exact) mass is 418 g/mol. The Bertz CT molecular complexity index is 1050. The molecule has 0 aliphatic carbocycles. The van der Waals surface area contributed by atoms with Crippen molar-refractivity contribution in [3.05, 3.63) is 95.6 Å². The van der Waals surface area contributed by atoms with Crippen molar-refractivity contribution < 1.29 is 24.3 Å². The minimum atomic E-state index is -1.12. The van der Waals surface area contributed by atoms with Crippen LogP contribution < -0.4 is 9.64 Å². The number of carbonyl (C=O) groups is 2. The summed E-state index contributed by atoms with van der Waals surface area (Å²) in [6.07, 6.45) is 1.51. The number of rotatable bonds is 9. The van der Waals surface area contributed by atoms with Crippen LogP contribution in [0.15, 0.2) is 84.0 Å². The van der Waals surface area contributed by atoms with Gasteiger partial charge in [-0.3, -0.25) is 4.79 Å². The van der Waals surface area contributed by atoms with E-state index >= 15 is 0 Å². The predicted octanol–water partition coefficient (Wildman–Crippen LogP) is 3.98. The Balaban J connectivity index is 1.80. The molecular formula is C24H22N2O5. The molecule has 0 heterocycles. The highest BCUT2D eigenvalue weighted by Gasteiger charge is 2.22. The molecule has 31 heavy (non-hydrogen) atoms. The molecule has 3 aromatic carbocycles. The lowest BCUT2D eigenvalue weighted by molar-refractivity contribution is -0.123. The number of carboxylic acids is 1. The number of oxime groups is 1. The molecule has 7 heteroatoms. The standard InChI is InChI=1S/C24H22N2O5/c1-30-20-13-11-19(12-14-20)16-26(22-10-6-5-9-21(22)24(28)29)23(27)17-31-25-15-18-7-3-2-4-8-18/h2-15H,16-17H2,1H3,(H,28,29). The Morgan fingerprint density at radius 1 is 0.968 bits per heavy atom. The first-order valence-electron chi connectivity index (χ1n) is 9.54. The SMILES string of the molecule is COc1ccc(CN(C(=O)CON=Cc2ccccc2)c2ccccc2C(=O)O)cc1. The average Bonchev–Trinajstić information content (AvgIpc) is 2.81. The lowest BCUT2D eigenvalue weighted by Crippen LogP contribution is -2.34. The van der Waals surface area contributed by atoms with Crippen molar-refractivity contribution >= 4 is 23.8 Å². The molecule has 0 aliphatic heterocycles. The van der Waals surface area contributed by atoms with E-state index in [-0.39, 0.29) is 24.4 Å². The van der Waals surface area contributed by atoms with Crippen molar-refractivity contribution in [3.8, 4) is 5.75 Å². The van der Waals surface area contributed by atoms with E-state index in [4.69, 9.17) is 9.57 Å². The van der Waals surface area contributed by atoms with E-state index < -0.39 is 11.9 Å². The van der Waals surface area contributed by atoms with E-state index in [1.807, 2.05) is 42.5 Å². The van der Waals surface area contributed by atoms with E-state index in [0.29, 0.717) is 5.75 Å². The molecule has 3 rings (SSSR count). The number of aromatic carboxylic acids is 1. The summed E-state index contributed by atoms with van der Waals surface area (Å²) in [5.41, 5.74) is 1.95. The first kappa shape index (κ1) is 21.6. The molecule has 0 fully saturated rings. The molecule has 3 aromatic rings. The van der Waals surface area contributed by atoms with Gasteiger partial charge in [-0.2, -0.15) is 0 Å². The van der Waals surface area contributed by atoms with Crippen LogP contribution in [0.4, 0.5) is 5.69 Å². The number of nitrogens with zero attached hydrogens (tertiary/aromatic N) is 2. The number of methoxy groups -OCH3 is 1. The minimum absolute atomic E-state index is 0.0251. The van der Waals surface area contributed by atoms with Crippen molar-refractivity contribution in [2.24, 2.45) is 5.16 Å². The van der Waals surface area contributed by atoms with Gasteiger partial charge in [-0.25, -0.2) is 4.79 Å². The first-order chi connectivity index (χ1) is 15.1. The van der Waals surface area contributed by atoms with Gasteiger partial charge in [0.2, 0.25) is 0 Å². The van der Waals surface area contributed by atoms with Crippen LogP contribution in [0.5, 0.6) is 5.75 Å². The van der Waals surface area contributed by atoms with E-state index in [0.717, 1.165) is 11.1 Å². The van der Waals surface area contributed by atoms with Gasteiger partial charge in [-0.1, -0.05) is 59.8 Å². The molecule has 0 aliphatic rings. The van der Waals surface area contributed by atoms with Crippen LogP contribution in [0, 0.1) is 0 Å². The van der Waals surface area contributed by atoms with Crippen molar-refractivity contribution in [1.82, 2.24) is 0 Å². The molecule has 158 valence electrons. The summed E-state index contributed by atoms with van der Waals surface area (Å²) in [6, 6.07) is 22.9. The Morgan fingerprint density at radius 3 is 2.32 bits per heavy atom. The lowest BCUT2D eigenvalue weighted by Gasteiger charge is -2.24. The maximum Gasteiger partial charge on any atom is 0.337 e. The zero-order chi connectivity index (χ0) is 22.1. The Hall–Kier alpha value is -4.13. The highest BCUT2D eigenvalue weighted by molar-refractivity contribution is 6.02. The van der Waals surface area contributed by atoms with Crippen LogP contribution in [-0.4, -0.2) is 36.9 Å². The fourth-order valence-electron chi connectivity index (χ4n) is 2.92. The highest BCUT2D eigenvalue weighted by Crippen LogP contribution is 2.24. The second kappa shape index (κ2) is 10.6. The van der Waals surface area contributed by atoms with E-state index in [2.05, 4.69) is 5.16 Å². The third-order valence-electron chi connectivity index (χ3n) is 4.49. The largest absolute Gasteiger partial charge is 0.497 e. The number of hydrogen-bond acceptors (Lipinski definition) is 5. The quantitative estimate of drug-likeness (QED) is 0.419. The first-order valence-corrected chi connectivity index (χ1v) is 9.54. The molecular weight excluding hydrogens is 396 g/mol. The molecule has 0 saturated heterocycles. The van der Waals surface area contributed by atoms with Gasteiger partial charge in [0, 0.05) is 0 Å². The van der Waals surface area contributed by atoms with Crippen molar-refractivity contribution in [3.63, 3.8) is 0 Å². The van der Waals surface area contributed by atoms with E-state index in [9.17, 15) is 14.7 Å². The van der Waals surface area contributed by atoms with Gasteiger partial charge in [0.15, 0.2) is 6.61 Å². The number of carbonyl (C=O) groups excluding carboxylic acids is 1. The van der Waals surface area contributed by atoms with Crippen LogP contribution in [0.25, 0.3) is 0 Å². The van der Waals surface area contributed by atoms with Crippen LogP contribution >= 0.6 is 0 Å². The van der Waals surface area contributed by atoms with Crippen LogP contribution in [0.1, 0.15) is 21.5 Å². The third kappa shape index (κ3) is 5.93. The normalized spacial score (nSPS) is 10.6. The molecule has 1 N–H and O–H groups in total. The smallest absolute Gasteiger partial charge is 0.337 e. The zero-order valence-electron chi connectivity index (χ0n) is 17.0. The molecule has 0 unspecified atom stereocenters. The molecule has 7 nitrogen and oxygen atoms in total. The summed E-state index contributed by atoms with van der Waals surface area (Å²) in [4.78, 5) is 31.2. The number of benzene rings is 3. The van der Waals surface area contributed by atoms with Gasteiger partial charge in [0.05, 0.1) is 31.1 Å². The Morgan fingerprint density at radius 2 is 1.65 bits per heavy atom. The van der Waals surface area contributed by atoms with Crippen LogP contribution in [0.3, 0.4) is 0 Å². The summed E-state index contributed by atoms with van der Waals surface area (Å²) in [5, 5.41) is 13.4. The van der Waals surface area contributed by atoms with Gasteiger partial charge in [0.25, 0.3) is 5.91 Å². The number of hydrogen-bond donors (Lipinski definition) is 1. The maximum atomic E-state index is 13.0. The fraction of sp³-hybridized carbons (Fsp3) is 0.125. The number of anilines is 1. The summed E-state index contributed by atoms with van der Waals surface area (Å²) in [7, 11) is 1.57. The molecule has 0 saturated carbocycles. The second-order valence-corrected chi connectivity index (χ2v) is 6.57. The molecule has 0 spiro atoms. The van der Waals surface area contributed by atoms with Crippen molar-refractivity contribution in [2.45, 2.75) is 6.54 Å². The Labute approximate surface area is 180 Å². The fourth-order valence-corrected chi connectivity index (χ4v) is 2.92. The number of amides is 1. The summed E-state index contributed by atoms with van der Waals surface area (Å²) in [5.74, 6) is -0.855. The lowest BCUT2D eigenvalue weighted by atomic mass is 10.1. The van der Waals surface area contributed by atoms with Crippen molar-refractivity contribution in [1.29, 1.82) is 0 Å². The summed E-state index contributed by atoms with van der Waals surface area (Å²) < 4.78 is 5.16. The molecule has 1 amide bonds. The summed E-state index contributed by atoms with van der Waals surface area (Å²) >= 11 is 0. The topological polar surface area (TPSA) is 88.4 Å². The molecule has 0 aromatic heterocycles. The summed E-state index contributed by atoms with van der Waals surface area (Å²) in [6.45, 7) is -0.174. The minimum Gasteiger partial charge on any atom is -0.497 e. The molecule has 0 atom stereocenters. The predicted molar refractivity (Wildman–Crippen MR) is 118 cm³/mol. The van der Waals surface area contributed by atoms with Gasteiger partial charge < -0.3 is 19.6 Å². The second-order valence-electron chi connectivity index (χ2n) is 6.57. The number of carboxylic acid groups (broad SMARTS) is 1. The van der Waals surface area contributed by atoms with Gasteiger partial charge in [-0.05, 0) is 35.4 Å². The molecule has 0 bridgehead atoms. The van der Waals surface area contributed by atoms with Gasteiger partial charge in [-0.15, -0.1) is 0 Å². The van der Waals surface area contributed by atoms with Crippen LogP contribution in [-0.2, 0) is 16.2 Å². The Kier molecular flexibility index (Phi) is 7.37. The third-order valence-corrected chi connectivity index (χ3v) is 4.49. The van der Waals surface area contributed by atoms with Gasteiger partial charge >= 0.3 is 5.97 Å². The number of ether oxygens (including phenoxy) is 1. The van der Waals surface area contributed by atoms with E-state index in [1.54, 1.807) is 37.4 Å². The highest BCUT2D eigenvalue weighted by atomic mass is 16.6. The molecule has 0 radical (unpaired) electrons. The zero-order valence-corrected chi connectivity index (χ0v) is 17.0. The van der Waals surface area contributed by atoms with Gasteiger partial charge in [0.1, 0.15) is 5.75 Å². The van der Waals surface area contributed by atoms with Crippen LogP contribution in [0.2, 0.25) is 0 Å². The maximum absolute atomic E-state index is 13.0. The van der Waals surface area contributed by atoms with E-state index in [1.165, 1.54) is 17.2 Å². The average molecular weight is 418 g/mol. The van der Waals surface area contributed by atoms with Crippen molar-refractivity contribution in [2.75, 3.05) is 18.6 Å².